The summed E-state index contributed by atoms with van der Waals surface area (Å²) in [6.45, 7) is 5.22. The van der Waals surface area contributed by atoms with Gasteiger partial charge in [0.25, 0.3) is 0 Å². The van der Waals surface area contributed by atoms with Gasteiger partial charge in [0.2, 0.25) is 5.91 Å². The molecule has 3 N–H and O–H groups in total. The second-order valence-electron chi connectivity index (χ2n) is 5.56. The minimum atomic E-state index is -0.0549. The molecule has 2 rings (SSSR count). The third-order valence-corrected chi connectivity index (χ3v) is 3.86. The standard InChI is InChI=1S/C16H25N3O/c1-2-14(17)11-16(20)18-15-8-4-3-7-13(15)12-19-9-5-6-10-19/h3-4,7-8,14H,2,5-6,9-12,17H2,1H3,(H,18,20). The molecule has 1 aromatic rings. The van der Waals surface area contributed by atoms with Gasteiger partial charge < -0.3 is 11.1 Å². The van der Waals surface area contributed by atoms with E-state index in [4.69, 9.17) is 5.73 Å². The van der Waals surface area contributed by atoms with E-state index in [9.17, 15) is 4.79 Å². The van der Waals surface area contributed by atoms with Crippen LogP contribution in [0.25, 0.3) is 0 Å². The van der Waals surface area contributed by atoms with Crippen LogP contribution in [0, 0.1) is 0 Å². The van der Waals surface area contributed by atoms with E-state index in [2.05, 4.69) is 16.3 Å². The molecule has 1 heterocycles. The smallest absolute Gasteiger partial charge is 0.225 e. The number of carbonyl (C=O) groups excluding carboxylic acids is 1. The zero-order valence-corrected chi connectivity index (χ0v) is 12.3. The van der Waals surface area contributed by atoms with Gasteiger partial charge in [0, 0.05) is 24.7 Å². The molecular weight excluding hydrogens is 250 g/mol. The highest BCUT2D eigenvalue weighted by Gasteiger charge is 2.15. The van der Waals surface area contributed by atoms with E-state index >= 15 is 0 Å². The van der Waals surface area contributed by atoms with E-state index in [-0.39, 0.29) is 11.9 Å². The number of anilines is 1. The Morgan fingerprint density at radius 2 is 2.05 bits per heavy atom. The van der Waals surface area contributed by atoms with Crippen molar-refractivity contribution >= 4 is 11.6 Å². The van der Waals surface area contributed by atoms with Gasteiger partial charge >= 0.3 is 0 Å². The molecule has 20 heavy (non-hydrogen) atoms. The third-order valence-electron chi connectivity index (χ3n) is 3.86. The van der Waals surface area contributed by atoms with Crippen LogP contribution in [-0.4, -0.2) is 29.9 Å². The van der Waals surface area contributed by atoms with E-state index < -0.39 is 0 Å². The molecule has 1 fully saturated rings. The predicted octanol–water partition coefficient (Wildman–Crippen LogP) is 2.35. The van der Waals surface area contributed by atoms with Crippen molar-refractivity contribution in [2.75, 3.05) is 18.4 Å². The Balaban J connectivity index is 1.98. The first-order chi connectivity index (χ1) is 9.69. The molecule has 1 aromatic carbocycles. The molecule has 1 atom stereocenters. The number of hydrogen-bond acceptors (Lipinski definition) is 3. The summed E-state index contributed by atoms with van der Waals surface area (Å²) in [6.07, 6.45) is 3.76. The van der Waals surface area contributed by atoms with Crippen LogP contribution in [0.1, 0.15) is 38.2 Å². The first-order valence-electron chi connectivity index (χ1n) is 7.54. The highest BCUT2D eigenvalue weighted by Crippen LogP contribution is 2.20. The lowest BCUT2D eigenvalue weighted by Crippen LogP contribution is -2.27. The topological polar surface area (TPSA) is 58.4 Å². The Hall–Kier alpha value is -1.39. The Morgan fingerprint density at radius 1 is 1.35 bits per heavy atom. The largest absolute Gasteiger partial charge is 0.327 e. The molecule has 1 aliphatic rings. The minimum Gasteiger partial charge on any atom is -0.327 e. The second-order valence-corrected chi connectivity index (χ2v) is 5.56. The van der Waals surface area contributed by atoms with Crippen LogP contribution in [0.15, 0.2) is 24.3 Å². The van der Waals surface area contributed by atoms with Gasteiger partial charge in [-0.1, -0.05) is 25.1 Å². The van der Waals surface area contributed by atoms with Gasteiger partial charge in [-0.05, 0) is 44.0 Å². The molecule has 0 aromatic heterocycles. The predicted molar refractivity (Wildman–Crippen MR) is 82.5 cm³/mol. The SMILES string of the molecule is CCC(N)CC(=O)Nc1ccccc1CN1CCCC1. The second kappa shape index (κ2) is 7.41. The molecule has 0 spiro atoms. The summed E-state index contributed by atoms with van der Waals surface area (Å²) >= 11 is 0. The number of nitrogens with zero attached hydrogens (tertiary/aromatic N) is 1. The van der Waals surface area contributed by atoms with E-state index in [1.54, 1.807) is 0 Å². The molecule has 0 saturated carbocycles. The minimum absolute atomic E-state index is 0.00761. The Morgan fingerprint density at radius 3 is 2.75 bits per heavy atom. The van der Waals surface area contributed by atoms with E-state index in [1.807, 2.05) is 25.1 Å². The van der Waals surface area contributed by atoms with Crippen LogP contribution in [-0.2, 0) is 11.3 Å². The molecule has 4 nitrogen and oxygen atoms in total. The maximum atomic E-state index is 12.0. The fourth-order valence-electron chi connectivity index (χ4n) is 2.55. The summed E-state index contributed by atoms with van der Waals surface area (Å²) < 4.78 is 0. The van der Waals surface area contributed by atoms with Crippen LogP contribution in [0.4, 0.5) is 5.69 Å². The van der Waals surface area contributed by atoms with Gasteiger partial charge in [-0.25, -0.2) is 0 Å². The number of benzene rings is 1. The van der Waals surface area contributed by atoms with Gasteiger partial charge in [-0.2, -0.15) is 0 Å². The Labute approximate surface area is 121 Å². The number of rotatable bonds is 6. The number of likely N-dealkylation sites (tertiary alicyclic amines) is 1. The highest BCUT2D eigenvalue weighted by molar-refractivity contribution is 5.91. The highest BCUT2D eigenvalue weighted by atomic mass is 16.1. The van der Waals surface area contributed by atoms with E-state index in [0.29, 0.717) is 6.42 Å². The van der Waals surface area contributed by atoms with Crippen molar-refractivity contribution in [1.29, 1.82) is 0 Å². The van der Waals surface area contributed by atoms with Gasteiger partial charge in [0.15, 0.2) is 0 Å². The quantitative estimate of drug-likeness (QED) is 0.838. The fraction of sp³-hybridized carbons (Fsp3) is 0.562. The summed E-state index contributed by atoms with van der Waals surface area (Å²) in [5.41, 5.74) is 7.94. The molecule has 1 amide bonds. The summed E-state index contributed by atoms with van der Waals surface area (Å²) in [5.74, 6) is 0.00761. The van der Waals surface area contributed by atoms with Crippen LogP contribution >= 0.6 is 0 Å². The van der Waals surface area contributed by atoms with Crippen LogP contribution in [0.3, 0.4) is 0 Å². The van der Waals surface area contributed by atoms with Crippen molar-refractivity contribution in [2.45, 2.75) is 45.2 Å². The molecule has 1 saturated heterocycles. The van der Waals surface area contributed by atoms with Crippen molar-refractivity contribution in [3.05, 3.63) is 29.8 Å². The van der Waals surface area contributed by atoms with E-state index in [0.717, 1.165) is 31.7 Å². The molecular formula is C16H25N3O. The van der Waals surface area contributed by atoms with Gasteiger partial charge in [0.1, 0.15) is 0 Å². The zero-order valence-electron chi connectivity index (χ0n) is 12.3. The van der Waals surface area contributed by atoms with Gasteiger partial charge in [-0.15, -0.1) is 0 Å². The number of hydrogen-bond donors (Lipinski definition) is 2. The number of para-hydroxylation sites is 1. The summed E-state index contributed by atoms with van der Waals surface area (Å²) in [4.78, 5) is 14.4. The van der Waals surface area contributed by atoms with Crippen molar-refractivity contribution < 1.29 is 4.79 Å². The van der Waals surface area contributed by atoms with Crippen molar-refractivity contribution in [2.24, 2.45) is 5.73 Å². The zero-order chi connectivity index (χ0) is 14.4. The van der Waals surface area contributed by atoms with Crippen molar-refractivity contribution in [1.82, 2.24) is 4.90 Å². The lowest BCUT2D eigenvalue weighted by molar-refractivity contribution is -0.116. The molecule has 0 radical (unpaired) electrons. The fourth-order valence-corrected chi connectivity index (χ4v) is 2.55. The molecule has 0 bridgehead atoms. The van der Waals surface area contributed by atoms with Crippen LogP contribution < -0.4 is 11.1 Å². The molecule has 1 aliphatic heterocycles. The van der Waals surface area contributed by atoms with E-state index in [1.165, 1.54) is 18.4 Å². The lowest BCUT2D eigenvalue weighted by Gasteiger charge is -2.18. The third kappa shape index (κ3) is 4.32. The summed E-state index contributed by atoms with van der Waals surface area (Å²) in [7, 11) is 0. The van der Waals surface area contributed by atoms with Gasteiger partial charge in [0.05, 0.1) is 0 Å². The van der Waals surface area contributed by atoms with Gasteiger partial charge in [-0.3, -0.25) is 9.69 Å². The molecule has 0 aliphatic carbocycles. The first-order valence-corrected chi connectivity index (χ1v) is 7.54. The first kappa shape index (κ1) is 15.0. The molecule has 1 unspecified atom stereocenters. The molecule has 4 heteroatoms. The summed E-state index contributed by atoms with van der Waals surface area (Å²) in [5, 5.41) is 3.00. The van der Waals surface area contributed by atoms with Crippen molar-refractivity contribution in [3.8, 4) is 0 Å². The maximum Gasteiger partial charge on any atom is 0.225 e. The maximum absolute atomic E-state index is 12.0. The number of nitrogens with one attached hydrogen (secondary N) is 1. The monoisotopic (exact) mass is 275 g/mol. The molecule has 110 valence electrons. The van der Waals surface area contributed by atoms with Crippen LogP contribution in [0.5, 0.6) is 0 Å². The van der Waals surface area contributed by atoms with Crippen molar-refractivity contribution in [3.63, 3.8) is 0 Å². The summed E-state index contributed by atoms with van der Waals surface area (Å²) in [6, 6.07) is 8.00. The average Bonchev–Trinajstić information content (AvgIpc) is 2.93. The van der Waals surface area contributed by atoms with Crippen LogP contribution in [0.2, 0.25) is 0 Å². The number of nitrogens with two attached hydrogens (primary N) is 1. The number of carbonyl (C=O) groups is 1. The Bertz CT molecular complexity index is 441. The average molecular weight is 275 g/mol. The Kier molecular flexibility index (Phi) is 5.56. The number of amides is 1. The lowest BCUT2D eigenvalue weighted by atomic mass is 10.1. The normalized spacial score (nSPS) is 17.1.